The summed E-state index contributed by atoms with van der Waals surface area (Å²) in [6.07, 6.45) is -5.62. The number of phenolic OH excluding ortho intramolecular Hbond substituents is 1. The molecule has 1 aromatic carbocycles. The molecule has 2 amide bonds. The van der Waals surface area contributed by atoms with Gasteiger partial charge < -0.3 is 33.5 Å². The van der Waals surface area contributed by atoms with E-state index >= 15 is 0 Å². The molecule has 1 aromatic rings. The van der Waals surface area contributed by atoms with Crippen molar-refractivity contribution in [1.29, 1.82) is 0 Å². The highest BCUT2D eigenvalue weighted by Gasteiger charge is 2.52. The predicted molar refractivity (Wildman–Crippen MR) is 142 cm³/mol. The molecule has 16 heteroatoms. The van der Waals surface area contributed by atoms with Crippen LogP contribution in [0.15, 0.2) is 23.8 Å². The molecule has 2 aliphatic heterocycles. The minimum atomic E-state index is -1.45. The van der Waals surface area contributed by atoms with E-state index in [-0.39, 0.29) is 28.6 Å². The molecule has 2 fully saturated rings. The molecule has 2 heterocycles. The van der Waals surface area contributed by atoms with Crippen molar-refractivity contribution >= 4 is 59.1 Å². The highest BCUT2D eigenvalue weighted by atomic mass is 32.1. The number of hydrogen-bond donors (Lipinski definition) is 3. The van der Waals surface area contributed by atoms with Gasteiger partial charge >= 0.3 is 23.9 Å². The molecule has 3 rings (SSSR count). The minimum absolute atomic E-state index is 0.125. The lowest BCUT2D eigenvalue weighted by Crippen LogP contribution is -2.62. The Morgan fingerprint density at radius 1 is 0.905 bits per heavy atom. The van der Waals surface area contributed by atoms with Gasteiger partial charge in [0.25, 0.3) is 11.8 Å². The Morgan fingerprint density at radius 3 is 2.02 bits per heavy atom. The van der Waals surface area contributed by atoms with Gasteiger partial charge in [-0.05, 0) is 29.9 Å². The first-order chi connectivity index (χ1) is 19.7. The van der Waals surface area contributed by atoms with Gasteiger partial charge in [-0.2, -0.15) is 0 Å². The Kier molecular flexibility index (Phi) is 10.7. The van der Waals surface area contributed by atoms with Crippen LogP contribution < -0.4 is 10.6 Å². The molecule has 0 saturated carbocycles. The number of esters is 4. The Balaban J connectivity index is 1.87. The van der Waals surface area contributed by atoms with E-state index in [4.69, 9.17) is 40.6 Å². The lowest BCUT2D eigenvalue weighted by Gasteiger charge is -2.44. The van der Waals surface area contributed by atoms with Gasteiger partial charge in [0.05, 0.1) is 6.61 Å². The Labute approximate surface area is 244 Å². The number of carbonyl (C=O) groups is 6. The van der Waals surface area contributed by atoms with Gasteiger partial charge in [-0.15, -0.1) is 0 Å². The molecule has 0 bridgehead atoms. The standard InChI is InChI=1S/C26H28N2O13S/c1-11(29)36-10-19-20(38-12(2)30)21(39-13(3)31)22(40-14(4)32)25(41-19)37-9-16-6-5-15(8-18(16)33)7-17-23(34)27-26(42)28-24(17)35/h5-8,19-22,25,33H,9-10H2,1-4H3,(H2,27,28,34,35,42)/t19-,20-,21+,22-,25-/m1/s1. The van der Waals surface area contributed by atoms with Crippen molar-refractivity contribution < 1.29 is 62.3 Å². The predicted octanol–water partition coefficient (Wildman–Crippen LogP) is -0.0938. The number of carbonyl (C=O) groups excluding carboxylic acids is 6. The van der Waals surface area contributed by atoms with Crippen molar-refractivity contribution in [2.24, 2.45) is 0 Å². The number of nitrogens with one attached hydrogen (secondary N) is 2. The molecule has 226 valence electrons. The zero-order valence-corrected chi connectivity index (χ0v) is 23.7. The van der Waals surface area contributed by atoms with E-state index < -0.39 is 73.0 Å². The fourth-order valence-corrected chi connectivity index (χ4v) is 4.25. The lowest BCUT2D eigenvalue weighted by molar-refractivity contribution is -0.310. The van der Waals surface area contributed by atoms with E-state index in [1.54, 1.807) is 0 Å². The number of thiocarbonyl (C=S) groups is 1. The van der Waals surface area contributed by atoms with E-state index in [1.165, 1.54) is 24.3 Å². The van der Waals surface area contributed by atoms with Gasteiger partial charge in [0, 0.05) is 33.3 Å². The summed E-state index contributed by atoms with van der Waals surface area (Å²) in [6.45, 7) is 3.65. The van der Waals surface area contributed by atoms with Gasteiger partial charge in [-0.25, -0.2) is 0 Å². The third-order valence-corrected chi connectivity index (χ3v) is 5.92. The summed E-state index contributed by atoms with van der Waals surface area (Å²) in [5, 5.41) is 15.1. The van der Waals surface area contributed by atoms with Crippen LogP contribution in [0.4, 0.5) is 0 Å². The largest absolute Gasteiger partial charge is 0.508 e. The summed E-state index contributed by atoms with van der Waals surface area (Å²) in [5.41, 5.74) is 0.282. The molecule has 0 aromatic heterocycles. The van der Waals surface area contributed by atoms with Crippen LogP contribution >= 0.6 is 12.2 Å². The molecule has 3 N–H and O–H groups in total. The number of aromatic hydroxyl groups is 1. The van der Waals surface area contributed by atoms with Gasteiger partial charge in [0.15, 0.2) is 29.7 Å². The quantitative estimate of drug-likeness (QED) is 0.110. The van der Waals surface area contributed by atoms with Crippen LogP contribution in [0.25, 0.3) is 6.08 Å². The fraction of sp³-hybridized carbons (Fsp3) is 0.423. The molecule has 5 atom stereocenters. The maximum Gasteiger partial charge on any atom is 0.303 e. The van der Waals surface area contributed by atoms with Crippen LogP contribution in [0.5, 0.6) is 5.75 Å². The molecule has 0 spiro atoms. The third kappa shape index (κ3) is 8.55. The van der Waals surface area contributed by atoms with Crippen LogP contribution in [0.3, 0.4) is 0 Å². The van der Waals surface area contributed by atoms with Crippen LogP contribution in [0.2, 0.25) is 0 Å². The monoisotopic (exact) mass is 608 g/mol. The van der Waals surface area contributed by atoms with Crippen molar-refractivity contribution in [2.75, 3.05) is 6.61 Å². The van der Waals surface area contributed by atoms with Crippen LogP contribution in [-0.2, 0) is 63.8 Å². The van der Waals surface area contributed by atoms with Gasteiger partial charge in [0.1, 0.15) is 24.0 Å². The highest BCUT2D eigenvalue weighted by molar-refractivity contribution is 7.80. The van der Waals surface area contributed by atoms with Crippen LogP contribution in [-0.4, -0.2) is 83.2 Å². The third-order valence-electron chi connectivity index (χ3n) is 5.72. The van der Waals surface area contributed by atoms with E-state index in [0.717, 1.165) is 27.7 Å². The smallest absolute Gasteiger partial charge is 0.303 e. The maximum atomic E-state index is 12.1. The second-order valence-corrected chi connectivity index (χ2v) is 9.47. The first-order valence-electron chi connectivity index (χ1n) is 12.4. The summed E-state index contributed by atoms with van der Waals surface area (Å²) >= 11 is 4.76. The molecule has 42 heavy (non-hydrogen) atoms. The van der Waals surface area contributed by atoms with Gasteiger partial charge in [0.2, 0.25) is 0 Å². The summed E-state index contributed by atoms with van der Waals surface area (Å²) in [6, 6.07) is 4.20. The van der Waals surface area contributed by atoms with E-state index in [2.05, 4.69) is 10.6 Å². The molecule has 2 saturated heterocycles. The van der Waals surface area contributed by atoms with Crippen molar-refractivity contribution in [1.82, 2.24) is 10.6 Å². The maximum absolute atomic E-state index is 12.1. The molecular formula is C26H28N2O13S. The van der Waals surface area contributed by atoms with Crippen LogP contribution in [0.1, 0.15) is 38.8 Å². The van der Waals surface area contributed by atoms with E-state index in [1.807, 2.05) is 0 Å². The summed E-state index contributed by atoms with van der Waals surface area (Å²) in [7, 11) is 0. The average molecular weight is 609 g/mol. The molecule has 0 radical (unpaired) electrons. The Hall–Kier alpha value is -4.41. The van der Waals surface area contributed by atoms with E-state index in [0.29, 0.717) is 5.56 Å². The SMILES string of the molecule is CC(=O)OC[C@H]1O[C@@H](OCc2ccc(C=C3C(=O)NC(=S)NC3=O)cc2O)[C@H](OC(C)=O)[C@@H](OC(C)=O)[C@@H]1OC(C)=O. The number of rotatable bonds is 9. The zero-order valence-electron chi connectivity index (χ0n) is 22.9. The first-order valence-corrected chi connectivity index (χ1v) is 12.8. The molecular weight excluding hydrogens is 580 g/mol. The molecule has 0 unspecified atom stereocenters. The van der Waals surface area contributed by atoms with Crippen LogP contribution in [0, 0.1) is 0 Å². The number of benzene rings is 1. The second kappa shape index (κ2) is 14.0. The normalized spacial score (nSPS) is 23.7. The van der Waals surface area contributed by atoms with Crippen molar-refractivity contribution in [3.63, 3.8) is 0 Å². The molecule has 2 aliphatic rings. The summed E-state index contributed by atoms with van der Waals surface area (Å²) in [5.74, 6) is -4.76. The Morgan fingerprint density at radius 2 is 1.48 bits per heavy atom. The van der Waals surface area contributed by atoms with Crippen molar-refractivity contribution in [2.45, 2.75) is 65.0 Å². The van der Waals surface area contributed by atoms with Crippen molar-refractivity contribution in [3.8, 4) is 5.75 Å². The fourth-order valence-electron chi connectivity index (χ4n) is 4.06. The topological polar surface area (TPSA) is 202 Å². The number of hydrogen-bond acceptors (Lipinski definition) is 14. The number of amides is 2. The minimum Gasteiger partial charge on any atom is -0.508 e. The zero-order chi connectivity index (χ0) is 31.1. The molecule has 15 nitrogen and oxygen atoms in total. The summed E-state index contributed by atoms with van der Waals surface area (Å²) < 4.78 is 32.7. The van der Waals surface area contributed by atoms with Gasteiger partial charge in [-0.1, -0.05) is 12.1 Å². The van der Waals surface area contributed by atoms with Gasteiger partial charge in [-0.3, -0.25) is 39.4 Å². The summed E-state index contributed by atoms with van der Waals surface area (Å²) in [4.78, 5) is 71.4. The van der Waals surface area contributed by atoms with Crippen molar-refractivity contribution in [3.05, 3.63) is 34.9 Å². The number of phenols is 1. The lowest BCUT2D eigenvalue weighted by atomic mass is 9.98. The number of ether oxygens (including phenoxy) is 6. The molecule has 0 aliphatic carbocycles. The van der Waals surface area contributed by atoms with E-state index in [9.17, 15) is 33.9 Å². The Bertz CT molecular complexity index is 1310. The average Bonchev–Trinajstić information content (AvgIpc) is 2.86. The second-order valence-electron chi connectivity index (χ2n) is 9.06. The first kappa shape index (κ1) is 32.1. The highest BCUT2D eigenvalue weighted by Crippen LogP contribution is 2.31.